The van der Waals surface area contributed by atoms with Gasteiger partial charge in [-0.05, 0) is 37.3 Å². The molecule has 0 saturated heterocycles. The topological polar surface area (TPSA) is 146 Å². The Morgan fingerprint density at radius 3 is 2.03 bits per heavy atom. The summed E-state index contributed by atoms with van der Waals surface area (Å²) >= 11 is 0. The minimum Gasteiger partial charge on any atom is -0.465 e. The minimum absolute atomic E-state index is 0.0857. The zero-order chi connectivity index (χ0) is 27.4. The summed E-state index contributed by atoms with van der Waals surface area (Å²) in [6.45, 7) is 1.62. The lowest BCUT2D eigenvalue weighted by Gasteiger charge is -2.07. The molecule has 1 aromatic heterocycles. The lowest BCUT2D eigenvalue weighted by atomic mass is 10.0. The predicted octanol–water partition coefficient (Wildman–Crippen LogP) is 4.45. The first kappa shape index (κ1) is 25.8. The maximum Gasteiger partial charge on any atom is 0.337 e. The largest absolute Gasteiger partial charge is 0.465 e. The van der Waals surface area contributed by atoms with E-state index < -0.39 is 22.4 Å². The standard InChI is InChI=1S/C27H22N4O7/c1-16(28-20-14-18(26(33)37-2)13-19(15-20)27(34)38-3)23-24(17-7-5-4-6-8-17)29-30(25(23)32)21-9-11-22(12-10-21)31(35)36/h4-15,29H,1-3H3. The van der Waals surface area contributed by atoms with Crippen molar-refractivity contribution in [2.24, 2.45) is 4.99 Å². The van der Waals surface area contributed by atoms with Crippen LogP contribution in [0.2, 0.25) is 0 Å². The van der Waals surface area contributed by atoms with Crippen LogP contribution in [0.5, 0.6) is 0 Å². The third-order valence-corrected chi connectivity index (χ3v) is 5.69. The number of esters is 2. The smallest absolute Gasteiger partial charge is 0.337 e. The minimum atomic E-state index is -0.669. The van der Waals surface area contributed by atoms with Gasteiger partial charge in [0.2, 0.25) is 0 Å². The lowest BCUT2D eigenvalue weighted by Crippen LogP contribution is -2.19. The van der Waals surface area contributed by atoms with Gasteiger partial charge < -0.3 is 9.47 Å². The molecule has 0 aliphatic rings. The van der Waals surface area contributed by atoms with E-state index in [1.807, 2.05) is 30.3 Å². The maximum atomic E-state index is 13.6. The van der Waals surface area contributed by atoms with Crippen LogP contribution in [0, 0.1) is 10.1 Å². The van der Waals surface area contributed by atoms with Gasteiger partial charge in [-0.1, -0.05) is 30.3 Å². The Labute approximate surface area is 216 Å². The van der Waals surface area contributed by atoms with E-state index in [2.05, 4.69) is 10.1 Å². The second kappa shape index (κ2) is 10.7. The second-order valence-electron chi connectivity index (χ2n) is 8.09. The highest BCUT2D eigenvalue weighted by Crippen LogP contribution is 2.25. The highest BCUT2D eigenvalue weighted by molar-refractivity contribution is 6.05. The fraction of sp³-hybridized carbons (Fsp3) is 0.111. The molecule has 4 aromatic rings. The van der Waals surface area contributed by atoms with Crippen LogP contribution in [0.25, 0.3) is 16.9 Å². The summed E-state index contributed by atoms with van der Waals surface area (Å²) in [5.74, 6) is -1.34. The molecule has 0 amide bonds. The molecule has 11 heteroatoms. The van der Waals surface area contributed by atoms with Gasteiger partial charge >= 0.3 is 11.9 Å². The number of nitrogens with zero attached hydrogens (tertiary/aromatic N) is 3. The molecular weight excluding hydrogens is 492 g/mol. The van der Waals surface area contributed by atoms with E-state index in [1.54, 1.807) is 6.92 Å². The Morgan fingerprint density at radius 1 is 0.921 bits per heavy atom. The number of carbonyl (C=O) groups is 2. The van der Waals surface area contributed by atoms with E-state index >= 15 is 0 Å². The normalized spacial score (nSPS) is 11.2. The molecule has 38 heavy (non-hydrogen) atoms. The molecule has 0 unspecified atom stereocenters. The van der Waals surface area contributed by atoms with Crippen LogP contribution in [-0.2, 0) is 9.47 Å². The Hall–Kier alpha value is -5.32. The number of methoxy groups -OCH3 is 2. The molecule has 0 radical (unpaired) electrons. The van der Waals surface area contributed by atoms with Gasteiger partial charge in [0.15, 0.2) is 0 Å². The van der Waals surface area contributed by atoms with E-state index in [-0.39, 0.29) is 28.1 Å². The number of nitro groups is 1. The number of rotatable bonds is 7. The lowest BCUT2D eigenvalue weighted by molar-refractivity contribution is -0.384. The van der Waals surface area contributed by atoms with E-state index in [0.29, 0.717) is 22.7 Å². The monoisotopic (exact) mass is 514 g/mol. The maximum absolute atomic E-state index is 13.6. The number of carbonyl (C=O) groups excluding carboxylic acids is 2. The number of hydrogen-bond donors (Lipinski definition) is 1. The van der Waals surface area contributed by atoms with Crippen LogP contribution in [0.3, 0.4) is 0 Å². The van der Waals surface area contributed by atoms with Gasteiger partial charge in [-0.15, -0.1) is 0 Å². The van der Waals surface area contributed by atoms with Gasteiger partial charge in [0, 0.05) is 17.7 Å². The SMILES string of the molecule is COC(=O)c1cc(N=C(C)c2c(-c3ccccc3)[nH]n(-c3ccc([N+](=O)[O-])cc3)c2=O)cc(C(=O)OC)c1. The number of H-pyrrole nitrogens is 1. The number of aromatic nitrogens is 2. The van der Waals surface area contributed by atoms with Crippen molar-refractivity contribution in [1.29, 1.82) is 0 Å². The fourth-order valence-electron chi connectivity index (χ4n) is 3.89. The molecule has 192 valence electrons. The highest BCUT2D eigenvalue weighted by Gasteiger charge is 2.21. The first-order valence-corrected chi connectivity index (χ1v) is 11.3. The fourth-order valence-corrected chi connectivity index (χ4v) is 3.89. The molecule has 0 fully saturated rings. The third-order valence-electron chi connectivity index (χ3n) is 5.69. The highest BCUT2D eigenvalue weighted by atomic mass is 16.6. The van der Waals surface area contributed by atoms with Crippen molar-refractivity contribution in [1.82, 2.24) is 9.78 Å². The summed E-state index contributed by atoms with van der Waals surface area (Å²) in [6, 6.07) is 18.8. The van der Waals surface area contributed by atoms with E-state index in [4.69, 9.17) is 9.47 Å². The molecular formula is C27H22N4O7. The van der Waals surface area contributed by atoms with Gasteiger partial charge in [0.05, 0.1) is 58.6 Å². The zero-order valence-corrected chi connectivity index (χ0v) is 20.6. The van der Waals surface area contributed by atoms with Gasteiger partial charge in [0.25, 0.3) is 11.2 Å². The summed E-state index contributed by atoms with van der Waals surface area (Å²) in [5.41, 5.74) is 1.93. The van der Waals surface area contributed by atoms with E-state index in [9.17, 15) is 24.5 Å². The molecule has 0 atom stereocenters. The molecule has 4 rings (SSSR count). The average molecular weight is 514 g/mol. The van der Waals surface area contributed by atoms with Gasteiger partial charge in [0.1, 0.15) is 0 Å². The van der Waals surface area contributed by atoms with Crippen LogP contribution in [0.4, 0.5) is 11.4 Å². The van der Waals surface area contributed by atoms with Gasteiger partial charge in [-0.2, -0.15) is 0 Å². The molecule has 0 aliphatic heterocycles. The molecule has 11 nitrogen and oxygen atoms in total. The molecule has 0 aliphatic carbocycles. The summed E-state index contributed by atoms with van der Waals surface area (Å²) in [7, 11) is 2.43. The summed E-state index contributed by atoms with van der Waals surface area (Å²) in [4.78, 5) is 53.1. The van der Waals surface area contributed by atoms with Crippen molar-refractivity contribution in [3.63, 3.8) is 0 Å². The molecule has 0 spiro atoms. The summed E-state index contributed by atoms with van der Waals surface area (Å²) in [5, 5.41) is 14.1. The quantitative estimate of drug-likeness (QED) is 0.166. The molecule has 1 heterocycles. The molecule has 3 aromatic carbocycles. The number of aromatic amines is 1. The first-order chi connectivity index (χ1) is 18.2. The predicted molar refractivity (Wildman–Crippen MR) is 139 cm³/mol. The van der Waals surface area contributed by atoms with Crippen molar-refractivity contribution in [2.75, 3.05) is 14.2 Å². The summed E-state index contributed by atoms with van der Waals surface area (Å²) < 4.78 is 10.8. The Morgan fingerprint density at radius 2 is 1.50 bits per heavy atom. The number of nitro benzene ring substituents is 1. The van der Waals surface area contributed by atoms with Crippen molar-refractivity contribution in [2.45, 2.75) is 6.92 Å². The molecule has 1 N–H and O–H groups in total. The zero-order valence-electron chi connectivity index (χ0n) is 20.6. The summed E-state index contributed by atoms with van der Waals surface area (Å²) in [6.07, 6.45) is 0. The third kappa shape index (κ3) is 5.12. The van der Waals surface area contributed by atoms with E-state index in [1.165, 1.54) is 61.4 Å². The second-order valence-corrected chi connectivity index (χ2v) is 8.09. The first-order valence-electron chi connectivity index (χ1n) is 11.3. The van der Waals surface area contributed by atoms with Crippen molar-refractivity contribution < 1.29 is 24.0 Å². The Balaban J connectivity index is 1.90. The molecule has 0 saturated carbocycles. The number of nitrogens with one attached hydrogen (secondary N) is 1. The van der Waals surface area contributed by atoms with Crippen LogP contribution < -0.4 is 5.56 Å². The number of benzene rings is 3. The number of hydrogen-bond acceptors (Lipinski definition) is 8. The number of aliphatic imine (C=N–C) groups is 1. The van der Waals surface area contributed by atoms with E-state index in [0.717, 1.165) is 0 Å². The average Bonchev–Trinajstić information content (AvgIpc) is 3.29. The van der Waals surface area contributed by atoms with Gasteiger partial charge in [-0.3, -0.25) is 25.0 Å². The molecule has 0 bridgehead atoms. The van der Waals surface area contributed by atoms with Gasteiger partial charge in [-0.25, -0.2) is 14.3 Å². The van der Waals surface area contributed by atoms with Crippen LogP contribution in [0.1, 0.15) is 33.2 Å². The van der Waals surface area contributed by atoms with Crippen molar-refractivity contribution in [3.05, 3.63) is 110 Å². The van der Waals surface area contributed by atoms with Crippen LogP contribution in [-0.4, -0.2) is 46.6 Å². The van der Waals surface area contributed by atoms with Crippen molar-refractivity contribution >= 4 is 29.0 Å². The number of non-ortho nitro benzene ring substituents is 1. The number of ether oxygens (including phenoxy) is 2. The Bertz CT molecular complexity index is 1580. The van der Waals surface area contributed by atoms with Crippen molar-refractivity contribution in [3.8, 4) is 16.9 Å². The Kier molecular flexibility index (Phi) is 7.28. The van der Waals surface area contributed by atoms with Crippen LogP contribution in [0.15, 0.2) is 82.6 Å². The van der Waals surface area contributed by atoms with Crippen LogP contribution >= 0.6 is 0 Å².